The van der Waals surface area contributed by atoms with Crippen LogP contribution in [0.25, 0.3) is 10.9 Å². The molecule has 0 saturated heterocycles. The van der Waals surface area contributed by atoms with Crippen LogP contribution >= 0.6 is 11.8 Å². The molecule has 1 N–H and O–H groups in total. The average molecular weight is 464 g/mol. The number of anilines is 1. The van der Waals surface area contributed by atoms with Gasteiger partial charge in [-0.1, -0.05) is 37.5 Å². The van der Waals surface area contributed by atoms with Crippen LogP contribution in [0.4, 0.5) is 5.82 Å². The Balaban J connectivity index is 1.13. The summed E-state index contributed by atoms with van der Waals surface area (Å²) in [7, 11) is 4.12. The summed E-state index contributed by atoms with van der Waals surface area (Å²) in [4.78, 5) is 16.2. The van der Waals surface area contributed by atoms with Crippen molar-refractivity contribution in [1.29, 1.82) is 0 Å². The topological polar surface area (TPSA) is 53.9 Å². The van der Waals surface area contributed by atoms with E-state index in [1.807, 2.05) is 24.0 Å². The number of benzene rings is 1. The van der Waals surface area contributed by atoms with Gasteiger partial charge >= 0.3 is 0 Å². The number of nitrogens with zero attached hydrogens (tertiary/aromatic N) is 4. The summed E-state index contributed by atoms with van der Waals surface area (Å²) in [5.41, 5.74) is 1.05. The fourth-order valence-corrected chi connectivity index (χ4v) is 5.56. The van der Waals surface area contributed by atoms with Crippen LogP contribution in [-0.4, -0.2) is 47.9 Å². The number of para-hydroxylation sites is 1. The summed E-state index contributed by atoms with van der Waals surface area (Å²) in [6.07, 6.45) is 10.8. The first-order chi connectivity index (χ1) is 16.2. The zero-order valence-corrected chi connectivity index (χ0v) is 20.9. The lowest BCUT2D eigenvalue weighted by Crippen LogP contribution is -2.28. The van der Waals surface area contributed by atoms with Crippen LogP contribution in [0.3, 0.4) is 0 Å². The Bertz CT molecular complexity index is 986. The first-order valence-corrected chi connectivity index (χ1v) is 13.3. The van der Waals surface area contributed by atoms with E-state index in [4.69, 9.17) is 9.97 Å². The van der Waals surface area contributed by atoms with E-state index in [2.05, 4.69) is 65.7 Å². The van der Waals surface area contributed by atoms with E-state index in [-0.39, 0.29) is 0 Å². The van der Waals surface area contributed by atoms with Crippen LogP contribution in [0.2, 0.25) is 0 Å². The molecule has 6 heteroatoms. The van der Waals surface area contributed by atoms with Crippen LogP contribution in [0.15, 0.2) is 53.7 Å². The van der Waals surface area contributed by atoms with Crippen LogP contribution in [-0.2, 0) is 6.42 Å². The van der Waals surface area contributed by atoms with Gasteiger partial charge in [-0.3, -0.25) is 0 Å². The normalized spacial score (nSPS) is 18.5. The molecule has 4 rings (SSSR count). The number of thioether (sulfide) groups is 1. The van der Waals surface area contributed by atoms with Crippen molar-refractivity contribution in [2.24, 2.45) is 11.8 Å². The van der Waals surface area contributed by atoms with Crippen molar-refractivity contribution in [1.82, 2.24) is 20.3 Å². The predicted molar refractivity (Wildman–Crippen MR) is 140 cm³/mol. The number of pyridine rings is 1. The van der Waals surface area contributed by atoms with Crippen molar-refractivity contribution in [3.05, 3.63) is 54.5 Å². The first kappa shape index (κ1) is 24.0. The summed E-state index contributed by atoms with van der Waals surface area (Å²) in [5.74, 6) is 4.81. The number of hydrogen-bond donors (Lipinski definition) is 1. The second-order valence-electron chi connectivity index (χ2n) is 9.37. The van der Waals surface area contributed by atoms with E-state index in [0.29, 0.717) is 0 Å². The zero-order valence-electron chi connectivity index (χ0n) is 20.0. The van der Waals surface area contributed by atoms with Gasteiger partial charge in [0.15, 0.2) is 0 Å². The second kappa shape index (κ2) is 12.3. The monoisotopic (exact) mass is 463 g/mol. The number of rotatable bonds is 11. The first-order valence-electron chi connectivity index (χ1n) is 12.4. The van der Waals surface area contributed by atoms with Gasteiger partial charge in [0, 0.05) is 44.4 Å². The van der Waals surface area contributed by atoms with Gasteiger partial charge in [-0.25, -0.2) is 15.0 Å². The summed E-state index contributed by atoms with van der Waals surface area (Å²) in [6.45, 7) is 2.22. The molecular weight excluding hydrogens is 426 g/mol. The third-order valence-corrected chi connectivity index (χ3v) is 7.58. The summed E-state index contributed by atoms with van der Waals surface area (Å²) in [6, 6.07) is 14.4. The summed E-state index contributed by atoms with van der Waals surface area (Å²) >= 11 is 1.83. The molecule has 0 radical (unpaired) electrons. The molecule has 0 spiro atoms. The van der Waals surface area contributed by atoms with Crippen LogP contribution in [0.1, 0.15) is 44.3 Å². The fraction of sp³-hybridized carbons (Fsp3) is 0.519. The molecule has 1 aliphatic rings. The van der Waals surface area contributed by atoms with Crippen molar-refractivity contribution < 1.29 is 0 Å². The molecule has 1 aliphatic carbocycles. The summed E-state index contributed by atoms with van der Waals surface area (Å²) in [5, 5.41) is 5.91. The van der Waals surface area contributed by atoms with E-state index < -0.39 is 0 Å². The second-order valence-corrected chi connectivity index (χ2v) is 10.5. The van der Waals surface area contributed by atoms with Crippen molar-refractivity contribution in [2.45, 2.75) is 50.0 Å². The molecule has 0 unspecified atom stereocenters. The Morgan fingerprint density at radius 1 is 0.970 bits per heavy atom. The van der Waals surface area contributed by atoms with Gasteiger partial charge in [0.2, 0.25) is 0 Å². The molecule has 0 aliphatic heterocycles. The molecule has 1 fully saturated rings. The van der Waals surface area contributed by atoms with Gasteiger partial charge < -0.3 is 10.2 Å². The maximum absolute atomic E-state index is 4.86. The maximum atomic E-state index is 4.86. The summed E-state index contributed by atoms with van der Waals surface area (Å²) < 4.78 is 0. The molecule has 5 nitrogen and oxygen atoms in total. The van der Waals surface area contributed by atoms with Crippen molar-refractivity contribution in [2.75, 3.05) is 37.8 Å². The minimum absolute atomic E-state index is 0.840. The number of aryl methyl sites for hydroxylation is 1. The maximum Gasteiger partial charge on any atom is 0.139 e. The highest BCUT2D eigenvalue weighted by Gasteiger charge is 2.21. The van der Waals surface area contributed by atoms with Gasteiger partial charge in [0.05, 0.1) is 10.5 Å². The predicted octanol–water partition coefficient (Wildman–Crippen LogP) is 5.60. The van der Waals surface area contributed by atoms with Gasteiger partial charge in [-0.2, -0.15) is 0 Å². The number of hydrogen-bond acceptors (Lipinski definition) is 6. The van der Waals surface area contributed by atoms with E-state index >= 15 is 0 Å². The Kier molecular flexibility index (Phi) is 8.95. The fourth-order valence-electron chi connectivity index (χ4n) is 4.80. The van der Waals surface area contributed by atoms with Crippen LogP contribution < -0.4 is 10.2 Å². The molecule has 0 atom stereocenters. The van der Waals surface area contributed by atoms with Crippen molar-refractivity contribution >= 4 is 28.5 Å². The molecule has 33 heavy (non-hydrogen) atoms. The van der Waals surface area contributed by atoms with E-state index in [9.17, 15) is 0 Å². The molecule has 1 saturated carbocycles. The van der Waals surface area contributed by atoms with E-state index in [0.717, 1.165) is 64.7 Å². The van der Waals surface area contributed by atoms with Crippen molar-refractivity contribution in [3.63, 3.8) is 0 Å². The Morgan fingerprint density at radius 3 is 2.55 bits per heavy atom. The average Bonchev–Trinajstić information content (AvgIpc) is 2.85. The number of fused-ring (bicyclic) bond motifs is 1. The lowest BCUT2D eigenvalue weighted by molar-refractivity contribution is 0.255. The third kappa shape index (κ3) is 7.15. The molecular formula is C27H37N5S. The van der Waals surface area contributed by atoms with Gasteiger partial charge in [0.1, 0.15) is 11.6 Å². The lowest BCUT2D eigenvalue weighted by atomic mass is 9.80. The van der Waals surface area contributed by atoms with Gasteiger partial charge in [0.25, 0.3) is 0 Å². The Hall–Kier alpha value is -2.18. The third-order valence-electron chi connectivity index (χ3n) is 6.63. The molecule has 0 amide bonds. The Labute approximate surface area is 202 Å². The minimum Gasteiger partial charge on any atom is -0.362 e. The van der Waals surface area contributed by atoms with Crippen molar-refractivity contribution in [3.8, 4) is 0 Å². The van der Waals surface area contributed by atoms with Crippen LogP contribution in [0, 0.1) is 11.8 Å². The van der Waals surface area contributed by atoms with Gasteiger partial charge in [-0.15, -0.1) is 11.8 Å². The Morgan fingerprint density at radius 2 is 1.76 bits per heavy atom. The SMILES string of the molecule is CN(C)c1nc(CCCC2CCC(CNCCSc3ccccn3)CC2)nc2ccccc12. The minimum atomic E-state index is 0.840. The van der Waals surface area contributed by atoms with Gasteiger partial charge in [-0.05, 0) is 61.9 Å². The molecule has 176 valence electrons. The van der Waals surface area contributed by atoms with Crippen LogP contribution in [0.5, 0.6) is 0 Å². The zero-order chi connectivity index (χ0) is 22.9. The lowest BCUT2D eigenvalue weighted by Gasteiger charge is -2.28. The molecule has 1 aromatic carbocycles. The van der Waals surface area contributed by atoms with E-state index in [1.165, 1.54) is 38.5 Å². The highest BCUT2D eigenvalue weighted by Crippen LogP contribution is 2.32. The number of aromatic nitrogens is 3. The highest BCUT2D eigenvalue weighted by atomic mass is 32.2. The quantitative estimate of drug-likeness (QED) is 0.295. The standard InChI is InChI=1S/C27H37N5S/c1-32(2)27-23-9-3-4-10-24(23)30-25(31-27)11-7-8-21-13-15-22(16-14-21)20-28-18-19-33-26-12-5-6-17-29-26/h3-6,9-10,12,17,21-22,28H,7-8,11,13-16,18-20H2,1-2H3. The molecule has 0 bridgehead atoms. The molecule has 2 heterocycles. The molecule has 2 aromatic heterocycles. The largest absolute Gasteiger partial charge is 0.362 e. The molecule has 3 aromatic rings. The highest BCUT2D eigenvalue weighted by molar-refractivity contribution is 7.99. The van der Waals surface area contributed by atoms with E-state index in [1.54, 1.807) is 0 Å². The smallest absolute Gasteiger partial charge is 0.139 e. The number of nitrogens with one attached hydrogen (secondary N) is 1.